The van der Waals surface area contributed by atoms with Crippen molar-refractivity contribution >= 4 is 32.4 Å². The van der Waals surface area contributed by atoms with E-state index < -0.39 is 9.84 Å². The summed E-state index contributed by atoms with van der Waals surface area (Å²) in [7, 11) is -3.48. The molecular formula is C23H19NO4S. The Morgan fingerprint density at radius 1 is 0.862 bits per heavy atom. The average molecular weight is 405 g/mol. The Balaban J connectivity index is 1.39. The zero-order chi connectivity index (χ0) is 20.3. The number of anilines is 1. The molecule has 0 radical (unpaired) electrons. The van der Waals surface area contributed by atoms with Gasteiger partial charge in [-0.1, -0.05) is 36.4 Å². The van der Waals surface area contributed by atoms with Crippen molar-refractivity contribution in [2.45, 2.75) is 11.3 Å². The minimum atomic E-state index is -3.48. The van der Waals surface area contributed by atoms with Crippen LogP contribution in [0.1, 0.15) is 6.42 Å². The van der Waals surface area contributed by atoms with E-state index in [0.717, 1.165) is 22.3 Å². The van der Waals surface area contributed by atoms with Gasteiger partial charge in [-0.15, -0.1) is 0 Å². The lowest BCUT2D eigenvalue weighted by Crippen LogP contribution is -2.17. The zero-order valence-electron chi connectivity index (χ0n) is 15.5. The summed E-state index contributed by atoms with van der Waals surface area (Å²) in [6.07, 6.45) is -0.109. The maximum atomic E-state index is 12.3. The van der Waals surface area contributed by atoms with E-state index in [2.05, 4.69) is 5.32 Å². The first kappa shape index (κ1) is 19.0. The molecule has 0 fully saturated rings. The van der Waals surface area contributed by atoms with E-state index in [1.165, 1.54) is 12.1 Å². The molecule has 29 heavy (non-hydrogen) atoms. The highest BCUT2D eigenvalue weighted by molar-refractivity contribution is 7.91. The van der Waals surface area contributed by atoms with Gasteiger partial charge in [0.25, 0.3) is 0 Å². The first-order chi connectivity index (χ1) is 14.0. The molecule has 6 heteroatoms. The molecule has 4 rings (SSSR count). The first-order valence-corrected chi connectivity index (χ1v) is 10.8. The third-order valence-corrected chi connectivity index (χ3v) is 6.31. The second kappa shape index (κ2) is 7.93. The Bertz CT molecular complexity index is 1210. The number of nitrogens with one attached hydrogen (secondary N) is 1. The van der Waals surface area contributed by atoms with Gasteiger partial charge >= 0.3 is 0 Å². The Morgan fingerprint density at radius 2 is 1.55 bits per heavy atom. The zero-order valence-corrected chi connectivity index (χ0v) is 16.4. The van der Waals surface area contributed by atoms with Crippen LogP contribution >= 0.6 is 0 Å². The predicted molar refractivity (Wildman–Crippen MR) is 113 cm³/mol. The fourth-order valence-electron chi connectivity index (χ4n) is 3.04. The van der Waals surface area contributed by atoms with E-state index in [1.54, 1.807) is 30.3 Å². The van der Waals surface area contributed by atoms with Crippen LogP contribution in [0.5, 0.6) is 0 Å². The molecule has 0 unspecified atom stereocenters. The summed E-state index contributed by atoms with van der Waals surface area (Å²) in [5, 5.41) is 3.76. The molecule has 0 aliphatic rings. The molecule has 0 bridgehead atoms. The fraction of sp³-hybridized carbons (Fsp3) is 0.0870. The van der Waals surface area contributed by atoms with Crippen LogP contribution in [0.2, 0.25) is 0 Å². The lowest BCUT2D eigenvalue weighted by atomic mass is 10.1. The molecule has 0 atom stereocenters. The molecule has 1 amide bonds. The molecule has 1 heterocycles. The van der Waals surface area contributed by atoms with E-state index in [0.29, 0.717) is 5.69 Å². The summed E-state index contributed by atoms with van der Waals surface area (Å²) in [6.45, 7) is 0. The Labute approximate surface area is 168 Å². The highest BCUT2D eigenvalue weighted by Crippen LogP contribution is 2.28. The molecule has 3 aromatic carbocycles. The largest absolute Gasteiger partial charge is 0.456 e. The van der Waals surface area contributed by atoms with E-state index in [4.69, 9.17) is 4.42 Å². The second-order valence-electron chi connectivity index (χ2n) is 6.66. The molecule has 0 aliphatic carbocycles. The molecule has 5 nitrogen and oxygen atoms in total. The standard InChI is InChI=1S/C23H19NO4S/c25-23(14-15-29(26,27)20-7-2-1-3-8-20)24-19-12-10-17(11-13-19)22-16-18-6-4-5-9-21(18)28-22/h1-13,16H,14-15H2,(H,24,25). The number of rotatable bonds is 6. The Hall–Kier alpha value is -3.38. The van der Waals surface area contributed by atoms with Crippen molar-refractivity contribution in [3.63, 3.8) is 0 Å². The van der Waals surface area contributed by atoms with Crippen molar-refractivity contribution < 1.29 is 17.6 Å². The number of hydrogen-bond donors (Lipinski definition) is 1. The third kappa shape index (κ3) is 4.38. The Morgan fingerprint density at radius 3 is 2.28 bits per heavy atom. The normalized spacial score (nSPS) is 11.4. The lowest BCUT2D eigenvalue weighted by Gasteiger charge is -2.07. The third-order valence-electron chi connectivity index (χ3n) is 4.58. The number of sulfone groups is 1. The SMILES string of the molecule is O=C(CCS(=O)(=O)c1ccccc1)Nc1ccc(-c2cc3ccccc3o2)cc1. The number of hydrogen-bond acceptors (Lipinski definition) is 4. The van der Waals surface area contributed by atoms with Crippen LogP contribution in [0.3, 0.4) is 0 Å². The van der Waals surface area contributed by atoms with Crippen LogP contribution in [-0.2, 0) is 14.6 Å². The number of benzene rings is 3. The van der Waals surface area contributed by atoms with Gasteiger partial charge in [-0.2, -0.15) is 0 Å². The van der Waals surface area contributed by atoms with Gasteiger partial charge in [-0.05, 0) is 48.5 Å². The number of amides is 1. The number of carbonyl (C=O) groups is 1. The van der Waals surface area contributed by atoms with Crippen LogP contribution in [0.4, 0.5) is 5.69 Å². The monoisotopic (exact) mass is 405 g/mol. The van der Waals surface area contributed by atoms with Gasteiger partial charge < -0.3 is 9.73 Å². The maximum absolute atomic E-state index is 12.3. The second-order valence-corrected chi connectivity index (χ2v) is 8.77. The van der Waals surface area contributed by atoms with Crippen LogP contribution in [-0.4, -0.2) is 20.1 Å². The van der Waals surface area contributed by atoms with Gasteiger partial charge in [0.05, 0.1) is 10.6 Å². The van der Waals surface area contributed by atoms with E-state index >= 15 is 0 Å². The quantitative estimate of drug-likeness (QED) is 0.495. The minimum Gasteiger partial charge on any atom is -0.456 e. The number of fused-ring (bicyclic) bond motifs is 1. The van der Waals surface area contributed by atoms with Crippen molar-refractivity contribution in [2.24, 2.45) is 0 Å². The lowest BCUT2D eigenvalue weighted by molar-refractivity contribution is -0.115. The smallest absolute Gasteiger partial charge is 0.225 e. The van der Waals surface area contributed by atoms with E-state index in [-0.39, 0.29) is 23.0 Å². The van der Waals surface area contributed by atoms with Gasteiger partial charge in [0.2, 0.25) is 5.91 Å². The summed E-state index contributed by atoms with van der Waals surface area (Å²) < 4.78 is 30.4. The molecular weight excluding hydrogens is 386 g/mol. The fourth-order valence-corrected chi connectivity index (χ4v) is 4.30. The van der Waals surface area contributed by atoms with Crippen LogP contribution < -0.4 is 5.32 Å². The number of furan rings is 1. The van der Waals surface area contributed by atoms with Crippen molar-refractivity contribution in [1.29, 1.82) is 0 Å². The highest BCUT2D eigenvalue weighted by atomic mass is 32.2. The summed E-state index contributed by atoms with van der Waals surface area (Å²) in [4.78, 5) is 12.4. The van der Waals surface area contributed by atoms with Gasteiger partial charge in [0, 0.05) is 23.1 Å². The van der Waals surface area contributed by atoms with Crippen molar-refractivity contribution in [3.05, 3.63) is 84.9 Å². The molecule has 4 aromatic rings. The topological polar surface area (TPSA) is 76.4 Å². The molecule has 1 N–H and O–H groups in total. The molecule has 0 spiro atoms. The van der Waals surface area contributed by atoms with Crippen LogP contribution in [0.25, 0.3) is 22.3 Å². The molecule has 146 valence electrons. The molecule has 0 saturated carbocycles. The molecule has 1 aromatic heterocycles. The first-order valence-electron chi connectivity index (χ1n) is 9.18. The van der Waals surface area contributed by atoms with Gasteiger partial charge in [0.1, 0.15) is 11.3 Å². The Kier molecular flexibility index (Phi) is 5.18. The van der Waals surface area contributed by atoms with Crippen molar-refractivity contribution in [3.8, 4) is 11.3 Å². The van der Waals surface area contributed by atoms with E-state index in [1.807, 2.05) is 42.5 Å². The van der Waals surface area contributed by atoms with Gasteiger partial charge in [-0.3, -0.25) is 4.79 Å². The highest BCUT2D eigenvalue weighted by Gasteiger charge is 2.16. The average Bonchev–Trinajstić information content (AvgIpc) is 3.18. The van der Waals surface area contributed by atoms with Crippen LogP contribution in [0.15, 0.2) is 94.2 Å². The van der Waals surface area contributed by atoms with Crippen molar-refractivity contribution in [2.75, 3.05) is 11.1 Å². The number of carbonyl (C=O) groups excluding carboxylic acids is 1. The molecule has 0 aliphatic heterocycles. The summed E-state index contributed by atoms with van der Waals surface area (Å²) in [6, 6.07) is 25.1. The maximum Gasteiger partial charge on any atom is 0.225 e. The van der Waals surface area contributed by atoms with Gasteiger partial charge in [0.15, 0.2) is 9.84 Å². The van der Waals surface area contributed by atoms with Crippen LogP contribution in [0, 0.1) is 0 Å². The summed E-state index contributed by atoms with van der Waals surface area (Å²) in [5.41, 5.74) is 2.32. The summed E-state index contributed by atoms with van der Waals surface area (Å²) in [5.74, 6) is 0.166. The van der Waals surface area contributed by atoms with Gasteiger partial charge in [-0.25, -0.2) is 8.42 Å². The van der Waals surface area contributed by atoms with Crippen molar-refractivity contribution in [1.82, 2.24) is 0 Å². The number of para-hydroxylation sites is 1. The van der Waals surface area contributed by atoms with E-state index in [9.17, 15) is 13.2 Å². The minimum absolute atomic E-state index is 0.109. The predicted octanol–water partition coefficient (Wildman–Crippen LogP) is 4.90. The summed E-state index contributed by atoms with van der Waals surface area (Å²) >= 11 is 0. The molecule has 0 saturated heterocycles.